The molecular weight excluding hydrogens is 269 g/mol. The summed E-state index contributed by atoms with van der Waals surface area (Å²) >= 11 is 0. The van der Waals surface area contributed by atoms with Gasteiger partial charge in [-0.25, -0.2) is 4.39 Å². The zero-order valence-electron chi connectivity index (χ0n) is 10.9. The maximum absolute atomic E-state index is 12.2. The van der Waals surface area contributed by atoms with E-state index in [-0.39, 0.29) is 24.6 Å². The van der Waals surface area contributed by atoms with E-state index in [0.717, 1.165) is 24.4 Å². The highest BCUT2D eigenvalue weighted by molar-refractivity contribution is 5.85. The minimum atomic E-state index is -0.465. The van der Waals surface area contributed by atoms with Crippen LogP contribution in [0.15, 0.2) is 18.2 Å². The SMILES string of the molecule is CC12CNCC1c1cccc(OCCF)c1CO2.Cl. The van der Waals surface area contributed by atoms with Crippen molar-refractivity contribution in [3.05, 3.63) is 29.3 Å². The Labute approximate surface area is 118 Å². The number of fused-ring (bicyclic) bond motifs is 3. The highest BCUT2D eigenvalue weighted by Gasteiger charge is 2.45. The lowest BCUT2D eigenvalue weighted by atomic mass is 9.81. The molecule has 2 aliphatic rings. The second kappa shape index (κ2) is 5.65. The molecule has 0 amide bonds. The van der Waals surface area contributed by atoms with Crippen LogP contribution in [0.1, 0.15) is 24.0 Å². The van der Waals surface area contributed by atoms with Crippen LogP contribution in [0, 0.1) is 0 Å². The summed E-state index contributed by atoms with van der Waals surface area (Å²) in [6.45, 7) is 4.15. The van der Waals surface area contributed by atoms with Crippen molar-refractivity contribution < 1.29 is 13.9 Å². The smallest absolute Gasteiger partial charge is 0.125 e. The van der Waals surface area contributed by atoms with Crippen molar-refractivity contribution in [1.29, 1.82) is 0 Å². The summed E-state index contributed by atoms with van der Waals surface area (Å²) in [5, 5.41) is 3.38. The lowest BCUT2D eigenvalue weighted by Gasteiger charge is -2.37. The van der Waals surface area contributed by atoms with Gasteiger partial charge in [0.1, 0.15) is 19.0 Å². The van der Waals surface area contributed by atoms with Gasteiger partial charge in [0.05, 0.1) is 12.2 Å². The lowest BCUT2D eigenvalue weighted by Crippen LogP contribution is -2.39. The molecule has 2 aliphatic heterocycles. The van der Waals surface area contributed by atoms with E-state index >= 15 is 0 Å². The van der Waals surface area contributed by atoms with Gasteiger partial charge >= 0.3 is 0 Å². The number of halogens is 2. The van der Waals surface area contributed by atoms with Gasteiger partial charge in [0.2, 0.25) is 0 Å². The Balaban J connectivity index is 0.00000133. The molecule has 0 bridgehead atoms. The normalized spacial score (nSPS) is 28.2. The highest BCUT2D eigenvalue weighted by atomic mass is 35.5. The molecule has 1 fully saturated rings. The molecular formula is C14H19ClFNO2. The van der Waals surface area contributed by atoms with E-state index in [4.69, 9.17) is 9.47 Å². The molecule has 2 unspecified atom stereocenters. The van der Waals surface area contributed by atoms with E-state index < -0.39 is 6.67 Å². The number of hydrogen-bond acceptors (Lipinski definition) is 3. The fourth-order valence-corrected chi connectivity index (χ4v) is 2.98. The van der Waals surface area contributed by atoms with E-state index in [9.17, 15) is 4.39 Å². The summed E-state index contributed by atoms with van der Waals surface area (Å²) in [5.74, 6) is 1.12. The van der Waals surface area contributed by atoms with Crippen LogP contribution in [0.2, 0.25) is 0 Å². The number of alkyl halides is 1. The van der Waals surface area contributed by atoms with Gasteiger partial charge in [0, 0.05) is 24.6 Å². The van der Waals surface area contributed by atoms with Crippen LogP contribution in [-0.2, 0) is 11.3 Å². The molecule has 0 saturated carbocycles. The van der Waals surface area contributed by atoms with E-state index in [1.807, 2.05) is 12.1 Å². The molecule has 106 valence electrons. The molecule has 1 aromatic rings. The second-order valence-electron chi connectivity index (χ2n) is 5.15. The molecule has 19 heavy (non-hydrogen) atoms. The largest absolute Gasteiger partial charge is 0.490 e. The third kappa shape index (κ3) is 2.45. The molecule has 0 aliphatic carbocycles. The fraction of sp³-hybridized carbons (Fsp3) is 0.571. The lowest BCUT2D eigenvalue weighted by molar-refractivity contribution is -0.0527. The molecule has 2 atom stereocenters. The molecule has 3 rings (SSSR count). The van der Waals surface area contributed by atoms with Gasteiger partial charge in [-0.3, -0.25) is 0 Å². The van der Waals surface area contributed by atoms with Crippen LogP contribution in [0.3, 0.4) is 0 Å². The maximum Gasteiger partial charge on any atom is 0.125 e. The van der Waals surface area contributed by atoms with Crippen molar-refractivity contribution in [2.75, 3.05) is 26.4 Å². The maximum atomic E-state index is 12.2. The number of rotatable bonds is 3. The zero-order chi connectivity index (χ0) is 12.6. The number of hydrogen-bond donors (Lipinski definition) is 1. The standard InChI is InChI=1S/C14H18FNO2.ClH/c1-14-9-16-7-12(14)10-3-2-4-13(17-6-5-15)11(10)8-18-14;/h2-4,12,16H,5-9H2,1H3;1H. The second-order valence-corrected chi connectivity index (χ2v) is 5.15. The summed E-state index contributed by atoms with van der Waals surface area (Å²) in [6, 6.07) is 6.01. The minimum absolute atomic E-state index is 0. The van der Waals surface area contributed by atoms with Gasteiger partial charge in [-0.2, -0.15) is 0 Å². The number of ether oxygens (including phenoxy) is 2. The van der Waals surface area contributed by atoms with Crippen molar-refractivity contribution in [3.63, 3.8) is 0 Å². The quantitative estimate of drug-likeness (QED) is 0.926. The molecule has 3 nitrogen and oxygen atoms in total. The molecule has 1 saturated heterocycles. The first-order valence-electron chi connectivity index (χ1n) is 6.40. The number of benzene rings is 1. The monoisotopic (exact) mass is 287 g/mol. The van der Waals surface area contributed by atoms with Crippen molar-refractivity contribution in [2.24, 2.45) is 0 Å². The summed E-state index contributed by atoms with van der Waals surface area (Å²) < 4.78 is 23.7. The first-order valence-corrected chi connectivity index (χ1v) is 6.40. The van der Waals surface area contributed by atoms with Crippen LogP contribution in [0.4, 0.5) is 4.39 Å². The van der Waals surface area contributed by atoms with E-state index in [2.05, 4.69) is 18.3 Å². The fourth-order valence-electron chi connectivity index (χ4n) is 2.98. The molecule has 1 aromatic carbocycles. The average molecular weight is 288 g/mol. The Hall–Kier alpha value is -0.840. The van der Waals surface area contributed by atoms with Gasteiger partial charge in [0.25, 0.3) is 0 Å². The third-order valence-corrected chi connectivity index (χ3v) is 3.99. The van der Waals surface area contributed by atoms with Gasteiger partial charge in [-0.1, -0.05) is 12.1 Å². The van der Waals surface area contributed by atoms with Gasteiger partial charge in [0.15, 0.2) is 0 Å². The molecule has 0 aromatic heterocycles. The predicted octanol–water partition coefficient (Wildman–Crippen LogP) is 2.43. The number of nitrogens with one attached hydrogen (secondary N) is 1. The summed E-state index contributed by atoms with van der Waals surface area (Å²) in [6.07, 6.45) is 0. The van der Waals surface area contributed by atoms with Crippen LogP contribution in [-0.4, -0.2) is 32.0 Å². The van der Waals surface area contributed by atoms with Gasteiger partial charge < -0.3 is 14.8 Å². The predicted molar refractivity (Wildman–Crippen MR) is 74.0 cm³/mol. The molecule has 2 heterocycles. The van der Waals surface area contributed by atoms with Crippen LogP contribution in [0.5, 0.6) is 5.75 Å². The van der Waals surface area contributed by atoms with Crippen molar-refractivity contribution in [3.8, 4) is 5.75 Å². The average Bonchev–Trinajstić information content (AvgIpc) is 2.78. The molecule has 0 radical (unpaired) electrons. The van der Waals surface area contributed by atoms with E-state index in [1.54, 1.807) is 0 Å². The Bertz CT molecular complexity index is 457. The Morgan fingerprint density at radius 2 is 2.37 bits per heavy atom. The summed E-state index contributed by atoms with van der Waals surface area (Å²) in [4.78, 5) is 0. The van der Waals surface area contributed by atoms with Crippen molar-refractivity contribution >= 4 is 12.4 Å². The molecule has 5 heteroatoms. The summed E-state index contributed by atoms with van der Waals surface area (Å²) in [5.41, 5.74) is 2.24. The van der Waals surface area contributed by atoms with Crippen molar-refractivity contribution in [2.45, 2.75) is 25.0 Å². The zero-order valence-corrected chi connectivity index (χ0v) is 11.8. The Morgan fingerprint density at radius 3 is 3.16 bits per heavy atom. The Kier molecular flexibility index (Phi) is 4.33. The van der Waals surface area contributed by atoms with Crippen molar-refractivity contribution in [1.82, 2.24) is 5.32 Å². The highest BCUT2D eigenvalue weighted by Crippen LogP contribution is 2.43. The molecule has 0 spiro atoms. The van der Waals surface area contributed by atoms with Gasteiger partial charge in [-0.15, -0.1) is 12.4 Å². The first-order chi connectivity index (χ1) is 8.74. The van der Waals surface area contributed by atoms with Crippen LogP contribution >= 0.6 is 12.4 Å². The first kappa shape index (κ1) is 14.6. The van der Waals surface area contributed by atoms with E-state index in [0.29, 0.717) is 12.5 Å². The topological polar surface area (TPSA) is 30.5 Å². The summed E-state index contributed by atoms with van der Waals surface area (Å²) in [7, 11) is 0. The van der Waals surface area contributed by atoms with Crippen LogP contribution < -0.4 is 10.1 Å². The van der Waals surface area contributed by atoms with Crippen LogP contribution in [0.25, 0.3) is 0 Å². The van der Waals surface area contributed by atoms with E-state index in [1.165, 1.54) is 5.56 Å². The Morgan fingerprint density at radius 1 is 1.53 bits per heavy atom. The third-order valence-electron chi connectivity index (χ3n) is 3.99. The minimum Gasteiger partial charge on any atom is -0.490 e. The molecule has 1 N–H and O–H groups in total. The van der Waals surface area contributed by atoms with Gasteiger partial charge in [-0.05, 0) is 18.6 Å².